The van der Waals surface area contributed by atoms with E-state index >= 15 is 0 Å². The van der Waals surface area contributed by atoms with Crippen molar-refractivity contribution >= 4 is 5.91 Å². The number of benzene rings is 1. The summed E-state index contributed by atoms with van der Waals surface area (Å²) in [6.45, 7) is 3.01. The molecule has 0 aliphatic carbocycles. The van der Waals surface area contributed by atoms with Crippen LogP contribution in [-0.4, -0.2) is 28.6 Å². The van der Waals surface area contributed by atoms with Gasteiger partial charge in [0.1, 0.15) is 5.82 Å². The van der Waals surface area contributed by atoms with Crippen LogP contribution in [0.4, 0.5) is 4.39 Å². The Kier molecular flexibility index (Phi) is 5.28. The summed E-state index contributed by atoms with van der Waals surface area (Å²) in [6, 6.07) is 6.50. The number of aryl methyl sites for hydroxylation is 1. The molecular formula is C19H23FN2O2. The van der Waals surface area contributed by atoms with Crippen LogP contribution in [0.5, 0.6) is 0 Å². The molecule has 5 heteroatoms. The summed E-state index contributed by atoms with van der Waals surface area (Å²) in [5.41, 5.74) is 1.67. The standard InChI is InChI=1S/C19H23FN2O2/c1-2-17-5-3-4-12-22(17)18(23)11-8-15-13-21-24-19(15)14-6-9-16(20)10-7-14/h6-7,9-10,13,17H,2-5,8,11-12H2,1H3. The molecule has 1 unspecified atom stereocenters. The van der Waals surface area contributed by atoms with Gasteiger partial charge in [-0.15, -0.1) is 0 Å². The van der Waals surface area contributed by atoms with Crippen molar-refractivity contribution < 1.29 is 13.7 Å². The first-order valence-electron chi connectivity index (χ1n) is 8.68. The number of piperidine rings is 1. The molecule has 24 heavy (non-hydrogen) atoms. The van der Waals surface area contributed by atoms with Gasteiger partial charge in [0.25, 0.3) is 0 Å². The summed E-state index contributed by atoms with van der Waals surface area (Å²) in [4.78, 5) is 14.6. The lowest BCUT2D eigenvalue weighted by Gasteiger charge is -2.35. The molecule has 2 heterocycles. The van der Waals surface area contributed by atoms with Crippen LogP contribution >= 0.6 is 0 Å². The first-order valence-corrected chi connectivity index (χ1v) is 8.68. The number of aromatic nitrogens is 1. The van der Waals surface area contributed by atoms with Gasteiger partial charge in [0.15, 0.2) is 5.76 Å². The van der Waals surface area contributed by atoms with Gasteiger partial charge in [0.2, 0.25) is 5.91 Å². The molecule has 1 saturated heterocycles. The number of carbonyl (C=O) groups excluding carboxylic acids is 1. The van der Waals surface area contributed by atoms with E-state index in [1.165, 1.54) is 18.6 Å². The van der Waals surface area contributed by atoms with E-state index in [1.54, 1.807) is 18.3 Å². The zero-order chi connectivity index (χ0) is 16.9. The van der Waals surface area contributed by atoms with Crippen LogP contribution in [-0.2, 0) is 11.2 Å². The van der Waals surface area contributed by atoms with Crippen molar-refractivity contribution in [3.8, 4) is 11.3 Å². The summed E-state index contributed by atoms with van der Waals surface area (Å²) in [5, 5.41) is 3.85. The van der Waals surface area contributed by atoms with E-state index in [0.717, 1.165) is 36.9 Å². The van der Waals surface area contributed by atoms with Crippen molar-refractivity contribution in [1.29, 1.82) is 0 Å². The quantitative estimate of drug-likeness (QED) is 0.825. The second-order valence-electron chi connectivity index (χ2n) is 6.33. The molecule has 1 atom stereocenters. The van der Waals surface area contributed by atoms with E-state index in [-0.39, 0.29) is 11.7 Å². The maximum absolute atomic E-state index is 13.1. The highest BCUT2D eigenvalue weighted by Gasteiger charge is 2.25. The zero-order valence-corrected chi connectivity index (χ0v) is 14.0. The molecule has 2 aromatic rings. The Balaban J connectivity index is 1.66. The van der Waals surface area contributed by atoms with Crippen molar-refractivity contribution in [3.05, 3.63) is 41.8 Å². The highest BCUT2D eigenvalue weighted by Crippen LogP contribution is 2.26. The highest BCUT2D eigenvalue weighted by atomic mass is 19.1. The van der Waals surface area contributed by atoms with Crippen molar-refractivity contribution in [2.45, 2.75) is 51.5 Å². The summed E-state index contributed by atoms with van der Waals surface area (Å²) in [7, 11) is 0. The molecule has 0 saturated carbocycles. The van der Waals surface area contributed by atoms with E-state index < -0.39 is 0 Å². The Labute approximate surface area is 141 Å². The average Bonchev–Trinajstić information content (AvgIpc) is 3.08. The zero-order valence-electron chi connectivity index (χ0n) is 14.0. The second kappa shape index (κ2) is 7.60. The third-order valence-corrected chi connectivity index (χ3v) is 4.78. The first-order chi connectivity index (χ1) is 11.7. The fourth-order valence-electron chi connectivity index (χ4n) is 3.42. The fourth-order valence-corrected chi connectivity index (χ4v) is 3.42. The summed E-state index contributed by atoms with van der Waals surface area (Å²) < 4.78 is 18.4. The third-order valence-electron chi connectivity index (χ3n) is 4.78. The van der Waals surface area contributed by atoms with Crippen LogP contribution in [0.3, 0.4) is 0 Å². The van der Waals surface area contributed by atoms with Crippen LogP contribution in [0.15, 0.2) is 35.0 Å². The SMILES string of the molecule is CCC1CCCCN1C(=O)CCc1cnoc1-c1ccc(F)cc1. The number of likely N-dealkylation sites (tertiary alicyclic amines) is 1. The number of carbonyl (C=O) groups is 1. The molecule has 1 fully saturated rings. The lowest BCUT2D eigenvalue weighted by atomic mass is 9.98. The lowest BCUT2D eigenvalue weighted by Crippen LogP contribution is -2.43. The highest BCUT2D eigenvalue weighted by molar-refractivity contribution is 5.77. The molecule has 0 N–H and O–H groups in total. The van der Waals surface area contributed by atoms with Gasteiger partial charge in [-0.25, -0.2) is 4.39 Å². The van der Waals surface area contributed by atoms with Gasteiger partial charge < -0.3 is 9.42 Å². The molecule has 1 amide bonds. The Morgan fingerprint density at radius 1 is 1.33 bits per heavy atom. The van der Waals surface area contributed by atoms with Gasteiger partial charge in [-0.2, -0.15) is 0 Å². The molecule has 0 bridgehead atoms. The topological polar surface area (TPSA) is 46.3 Å². The van der Waals surface area contributed by atoms with Crippen molar-refractivity contribution in [1.82, 2.24) is 10.1 Å². The molecular weight excluding hydrogens is 307 g/mol. The molecule has 1 aromatic carbocycles. The Bertz CT molecular complexity index is 681. The minimum atomic E-state index is -0.286. The average molecular weight is 330 g/mol. The summed E-state index contributed by atoms with van der Waals surface area (Å²) in [5.74, 6) is 0.534. The molecule has 1 aromatic heterocycles. The van der Waals surface area contributed by atoms with Crippen molar-refractivity contribution in [2.75, 3.05) is 6.54 Å². The van der Waals surface area contributed by atoms with Crippen molar-refractivity contribution in [3.63, 3.8) is 0 Å². The van der Waals surface area contributed by atoms with E-state index in [9.17, 15) is 9.18 Å². The van der Waals surface area contributed by atoms with Gasteiger partial charge in [-0.1, -0.05) is 12.1 Å². The minimum Gasteiger partial charge on any atom is -0.356 e. The normalized spacial score (nSPS) is 17.9. The number of halogens is 1. The van der Waals surface area contributed by atoms with Gasteiger partial charge in [-0.3, -0.25) is 4.79 Å². The van der Waals surface area contributed by atoms with E-state index in [4.69, 9.17) is 4.52 Å². The molecule has 1 aliphatic heterocycles. The monoisotopic (exact) mass is 330 g/mol. The smallest absolute Gasteiger partial charge is 0.223 e. The molecule has 3 rings (SSSR count). The third kappa shape index (κ3) is 3.66. The maximum Gasteiger partial charge on any atom is 0.223 e. The molecule has 0 radical (unpaired) electrons. The van der Waals surface area contributed by atoms with Gasteiger partial charge in [-0.05, 0) is 56.4 Å². The van der Waals surface area contributed by atoms with Crippen LogP contribution in [0, 0.1) is 5.82 Å². The Hall–Kier alpha value is -2.17. The molecule has 128 valence electrons. The number of hydrogen-bond donors (Lipinski definition) is 0. The number of rotatable bonds is 5. The van der Waals surface area contributed by atoms with Crippen molar-refractivity contribution in [2.24, 2.45) is 0 Å². The van der Waals surface area contributed by atoms with Crippen LogP contribution in [0.2, 0.25) is 0 Å². The number of amides is 1. The Morgan fingerprint density at radius 2 is 2.12 bits per heavy atom. The van der Waals surface area contributed by atoms with E-state index in [1.807, 2.05) is 4.90 Å². The van der Waals surface area contributed by atoms with Gasteiger partial charge in [0.05, 0.1) is 6.20 Å². The predicted molar refractivity (Wildman–Crippen MR) is 89.9 cm³/mol. The van der Waals surface area contributed by atoms with Crippen LogP contribution in [0.1, 0.15) is 44.6 Å². The fraction of sp³-hybridized carbons (Fsp3) is 0.474. The van der Waals surface area contributed by atoms with Crippen LogP contribution in [0.25, 0.3) is 11.3 Å². The summed E-state index contributed by atoms with van der Waals surface area (Å²) >= 11 is 0. The predicted octanol–water partition coefficient (Wildman–Crippen LogP) is 4.20. The lowest BCUT2D eigenvalue weighted by molar-refractivity contribution is -0.134. The maximum atomic E-state index is 13.1. The number of nitrogens with zero attached hydrogens (tertiary/aromatic N) is 2. The second-order valence-corrected chi connectivity index (χ2v) is 6.33. The minimum absolute atomic E-state index is 0.202. The van der Waals surface area contributed by atoms with Gasteiger partial charge in [0, 0.05) is 30.1 Å². The summed E-state index contributed by atoms with van der Waals surface area (Å²) in [6.07, 6.45) is 7.11. The first kappa shape index (κ1) is 16.7. The largest absolute Gasteiger partial charge is 0.356 e. The Morgan fingerprint density at radius 3 is 2.88 bits per heavy atom. The molecule has 1 aliphatic rings. The molecule has 0 spiro atoms. The number of hydrogen-bond acceptors (Lipinski definition) is 3. The molecule has 4 nitrogen and oxygen atoms in total. The van der Waals surface area contributed by atoms with E-state index in [0.29, 0.717) is 24.6 Å². The van der Waals surface area contributed by atoms with Crippen LogP contribution < -0.4 is 0 Å². The van der Waals surface area contributed by atoms with E-state index in [2.05, 4.69) is 12.1 Å². The van der Waals surface area contributed by atoms with Gasteiger partial charge >= 0.3 is 0 Å².